The van der Waals surface area contributed by atoms with Gasteiger partial charge in [0.05, 0.1) is 11.4 Å². The van der Waals surface area contributed by atoms with Crippen LogP contribution >= 0.6 is 11.6 Å². The average Bonchev–Trinajstić information content (AvgIpc) is 2.48. The van der Waals surface area contributed by atoms with Gasteiger partial charge >= 0.3 is 0 Å². The van der Waals surface area contributed by atoms with Gasteiger partial charge < -0.3 is 16.0 Å². The van der Waals surface area contributed by atoms with Gasteiger partial charge in [-0.1, -0.05) is 41.9 Å². The first-order valence-corrected chi connectivity index (χ1v) is 7.43. The van der Waals surface area contributed by atoms with E-state index in [-0.39, 0.29) is 5.95 Å². The van der Waals surface area contributed by atoms with Crippen molar-refractivity contribution < 1.29 is 0 Å². The van der Waals surface area contributed by atoms with E-state index < -0.39 is 0 Å². The monoisotopic (exact) mass is 303 g/mol. The Morgan fingerprint density at radius 2 is 1.86 bits per heavy atom. The van der Waals surface area contributed by atoms with E-state index in [4.69, 9.17) is 17.3 Å². The number of hydrogen-bond acceptors (Lipinski definition) is 5. The molecule has 2 aromatic rings. The number of nitrogens with two attached hydrogens (primary N) is 1. The number of benzene rings is 1. The minimum absolute atomic E-state index is 0.227. The first-order chi connectivity index (χ1) is 10.2. The fraction of sp³-hybridized carbons (Fsp3) is 0.333. The predicted molar refractivity (Wildman–Crippen MR) is 85.8 cm³/mol. The molecule has 3 rings (SSSR count). The van der Waals surface area contributed by atoms with Gasteiger partial charge in [-0.15, -0.1) is 0 Å². The molecule has 2 heterocycles. The lowest BCUT2D eigenvalue weighted by Gasteiger charge is -2.31. The zero-order chi connectivity index (χ0) is 14.7. The lowest BCUT2D eigenvalue weighted by molar-refractivity contribution is 0.586. The first-order valence-electron chi connectivity index (χ1n) is 7.05. The summed E-state index contributed by atoms with van der Waals surface area (Å²) in [5, 5.41) is 3.77. The van der Waals surface area contributed by atoms with Crippen molar-refractivity contribution in [3.05, 3.63) is 46.7 Å². The van der Waals surface area contributed by atoms with E-state index in [9.17, 15) is 0 Å². The zero-order valence-electron chi connectivity index (χ0n) is 11.7. The van der Waals surface area contributed by atoms with Crippen LogP contribution in [0, 0.1) is 0 Å². The van der Waals surface area contributed by atoms with Crippen molar-refractivity contribution in [3.63, 3.8) is 0 Å². The highest BCUT2D eigenvalue weighted by Crippen LogP contribution is 2.30. The Kier molecular flexibility index (Phi) is 4.22. The molecular weight excluding hydrogens is 286 g/mol. The Morgan fingerprint density at radius 1 is 1.14 bits per heavy atom. The van der Waals surface area contributed by atoms with Gasteiger partial charge in [0.25, 0.3) is 0 Å². The standard InChI is InChI=1S/C15H18ClN5/c16-14-13(21-8-6-18-7-9-21)12(19-15(17)20-14)10-11-4-2-1-3-5-11/h1-5,18H,6-10H2,(H2,17,19,20). The van der Waals surface area contributed by atoms with Crippen LogP contribution in [0.3, 0.4) is 0 Å². The van der Waals surface area contributed by atoms with Crippen LogP contribution in [0.25, 0.3) is 0 Å². The van der Waals surface area contributed by atoms with Crippen molar-refractivity contribution in [1.29, 1.82) is 0 Å². The van der Waals surface area contributed by atoms with Crippen LogP contribution in [0.4, 0.5) is 11.6 Å². The number of aromatic nitrogens is 2. The summed E-state index contributed by atoms with van der Waals surface area (Å²) in [4.78, 5) is 10.8. The number of halogens is 1. The van der Waals surface area contributed by atoms with E-state index in [0.29, 0.717) is 11.6 Å². The SMILES string of the molecule is Nc1nc(Cl)c(N2CCNCC2)c(Cc2ccccc2)n1. The molecular formula is C15H18ClN5. The van der Waals surface area contributed by atoms with Crippen molar-refractivity contribution in [2.24, 2.45) is 0 Å². The normalized spacial score (nSPS) is 15.2. The molecule has 6 heteroatoms. The lowest BCUT2D eigenvalue weighted by Crippen LogP contribution is -2.44. The fourth-order valence-corrected chi connectivity index (χ4v) is 2.92. The lowest BCUT2D eigenvalue weighted by atomic mass is 10.1. The van der Waals surface area contributed by atoms with E-state index >= 15 is 0 Å². The van der Waals surface area contributed by atoms with Gasteiger partial charge in [-0.3, -0.25) is 0 Å². The molecule has 1 aromatic heterocycles. The van der Waals surface area contributed by atoms with Gasteiger partial charge in [-0.25, -0.2) is 4.98 Å². The predicted octanol–water partition coefficient (Wildman–Crippen LogP) is 1.71. The first kappa shape index (κ1) is 14.1. The van der Waals surface area contributed by atoms with Crippen LogP contribution in [0.15, 0.2) is 30.3 Å². The molecule has 110 valence electrons. The third-order valence-electron chi connectivity index (χ3n) is 3.58. The second-order valence-corrected chi connectivity index (χ2v) is 5.43. The topological polar surface area (TPSA) is 67.1 Å². The highest BCUT2D eigenvalue weighted by molar-refractivity contribution is 6.32. The Balaban J connectivity index is 1.97. The van der Waals surface area contributed by atoms with Crippen LogP contribution in [0.2, 0.25) is 5.15 Å². The van der Waals surface area contributed by atoms with Crippen molar-refractivity contribution in [2.45, 2.75) is 6.42 Å². The highest BCUT2D eigenvalue weighted by atomic mass is 35.5. The van der Waals surface area contributed by atoms with Gasteiger partial charge in [-0.2, -0.15) is 4.98 Å². The molecule has 21 heavy (non-hydrogen) atoms. The highest BCUT2D eigenvalue weighted by Gasteiger charge is 2.20. The minimum Gasteiger partial charge on any atom is -0.368 e. The van der Waals surface area contributed by atoms with Gasteiger partial charge in [0.15, 0.2) is 5.15 Å². The third-order valence-corrected chi connectivity index (χ3v) is 3.84. The summed E-state index contributed by atoms with van der Waals surface area (Å²) in [5.74, 6) is 0.227. The number of rotatable bonds is 3. The molecule has 1 aliphatic heterocycles. The smallest absolute Gasteiger partial charge is 0.221 e. The number of hydrogen-bond donors (Lipinski definition) is 2. The molecule has 1 aromatic carbocycles. The van der Waals surface area contributed by atoms with Crippen molar-refractivity contribution >= 4 is 23.2 Å². The van der Waals surface area contributed by atoms with Crippen LogP contribution in [-0.4, -0.2) is 36.1 Å². The second-order valence-electron chi connectivity index (χ2n) is 5.07. The molecule has 0 spiro atoms. The molecule has 0 aliphatic carbocycles. The Morgan fingerprint density at radius 3 is 2.57 bits per heavy atom. The van der Waals surface area contributed by atoms with Crippen LogP contribution < -0.4 is 16.0 Å². The molecule has 0 amide bonds. The van der Waals surface area contributed by atoms with E-state index in [1.54, 1.807) is 0 Å². The zero-order valence-corrected chi connectivity index (χ0v) is 12.5. The van der Waals surface area contributed by atoms with Crippen LogP contribution in [0.1, 0.15) is 11.3 Å². The molecule has 1 fully saturated rings. The average molecular weight is 304 g/mol. The largest absolute Gasteiger partial charge is 0.368 e. The quantitative estimate of drug-likeness (QED) is 0.845. The molecule has 1 aliphatic rings. The maximum Gasteiger partial charge on any atom is 0.221 e. The van der Waals surface area contributed by atoms with Crippen molar-refractivity contribution in [1.82, 2.24) is 15.3 Å². The Hall–Kier alpha value is -1.85. The summed E-state index contributed by atoms with van der Waals surface area (Å²) in [6, 6.07) is 10.2. The van der Waals surface area contributed by atoms with Gasteiger partial charge in [0.1, 0.15) is 0 Å². The van der Waals surface area contributed by atoms with Crippen LogP contribution in [-0.2, 0) is 6.42 Å². The molecule has 5 nitrogen and oxygen atoms in total. The van der Waals surface area contributed by atoms with Gasteiger partial charge in [-0.05, 0) is 5.56 Å². The number of nitrogen functional groups attached to an aromatic ring is 1. The fourth-order valence-electron chi connectivity index (χ4n) is 2.60. The van der Waals surface area contributed by atoms with E-state index in [2.05, 4.69) is 32.3 Å². The minimum atomic E-state index is 0.227. The molecule has 1 saturated heterocycles. The summed E-state index contributed by atoms with van der Waals surface area (Å²) in [5.41, 5.74) is 8.76. The van der Waals surface area contributed by atoms with E-state index in [1.165, 1.54) is 5.56 Å². The molecule has 0 bridgehead atoms. The van der Waals surface area contributed by atoms with Crippen molar-refractivity contribution in [2.75, 3.05) is 36.8 Å². The number of nitrogens with zero attached hydrogens (tertiary/aromatic N) is 3. The molecule has 0 atom stereocenters. The Bertz CT molecular complexity index is 611. The molecule has 0 saturated carbocycles. The molecule has 0 radical (unpaired) electrons. The summed E-state index contributed by atoms with van der Waals surface area (Å²) in [7, 11) is 0. The van der Waals surface area contributed by atoms with E-state index in [1.807, 2.05) is 18.2 Å². The van der Waals surface area contributed by atoms with Gasteiger partial charge in [0, 0.05) is 32.6 Å². The summed E-state index contributed by atoms with van der Waals surface area (Å²) >= 11 is 6.34. The van der Waals surface area contributed by atoms with Gasteiger partial charge in [0.2, 0.25) is 5.95 Å². The summed E-state index contributed by atoms with van der Waals surface area (Å²) < 4.78 is 0. The number of anilines is 2. The van der Waals surface area contributed by atoms with Crippen LogP contribution in [0.5, 0.6) is 0 Å². The second kappa shape index (κ2) is 6.28. The molecule has 3 N–H and O–H groups in total. The maximum absolute atomic E-state index is 6.34. The summed E-state index contributed by atoms with van der Waals surface area (Å²) in [6.07, 6.45) is 0.701. The van der Waals surface area contributed by atoms with E-state index in [0.717, 1.165) is 37.6 Å². The Labute approximate surface area is 129 Å². The van der Waals surface area contributed by atoms with Crippen molar-refractivity contribution in [3.8, 4) is 0 Å². The maximum atomic E-state index is 6.34. The molecule has 0 unspecified atom stereocenters. The third kappa shape index (κ3) is 3.25. The number of nitrogens with one attached hydrogen (secondary N) is 1. The number of piperazine rings is 1. The summed E-state index contributed by atoms with van der Waals surface area (Å²) in [6.45, 7) is 3.67.